The quantitative estimate of drug-likeness (QED) is 0.712. The van der Waals surface area contributed by atoms with Crippen LogP contribution in [0.25, 0.3) is 10.9 Å². The third-order valence-electron chi connectivity index (χ3n) is 1.73. The molecule has 13 heavy (non-hydrogen) atoms. The van der Waals surface area contributed by atoms with Crippen LogP contribution in [-0.4, -0.2) is 4.98 Å². The maximum absolute atomic E-state index is 5.91. The predicted octanol–water partition coefficient (Wildman–Crippen LogP) is 3.59. The number of nitrogen functional groups attached to an aromatic ring is 1. The van der Waals surface area contributed by atoms with Crippen LogP contribution in [0.15, 0.2) is 22.8 Å². The van der Waals surface area contributed by atoms with E-state index < -0.39 is 0 Å². The first-order valence-corrected chi connectivity index (χ1v) is 4.57. The third-order valence-corrected chi connectivity index (χ3v) is 2.50. The van der Waals surface area contributed by atoms with Crippen molar-refractivity contribution in [2.75, 3.05) is 5.73 Å². The number of nitrogens with one attached hydrogen (secondary N) is 1. The summed E-state index contributed by atoms with van der Waals surface area (Å²) in [6.07, 6.45) is 1.73. The number of nitrogens with two attached hydrogens (primary N) is 1. The van der Waals surface area contributed by atoms with Gasteiger partial charge in [0.05, 0.1) is 16.2 Å². The fourth-order valence-corrected chi connectivity index (χ4v) is 1.87. The Bertz CT molecular complexity index is 439. The molecule has 5 heteroatoms. The van der Waals surface area contributed by atoms with Crippen LogP contribution in [0.2, 0.25) is 5.02 Å². The standard InChI is InChI=1S/C8H6BrClN2.ClH/c9-4-1-5-6(10)3-12-8(5)7(11)2-4;/h1-3,12H,11H2;1H. The molecule has 1 heterocycles. The molecule has 0 aliphatic heterocycles. The first kappa shape index (κ1) is 10.7. The number of anilines is 1. The van der Waals surface area contributed by atoms with E-state index in [0.29, 0.717) is 10.7 Å². The Labute approximate surface area is 95.0 Å². The van der Waals surface area contributed by atoms with Crippen molar-refractivity contribution >= 4 is 56.5 Å². The molecular formula is C8H7BrCl2N2. The lowest BCUT2D eigenvalue weighted by Crippen LogP contribution is -1.85. The summed E-state index contributed by atoms with van der Waals surface area (Å²) >= 11 is 9.26. The molecule has 0 aliphatic rings. The first-order chi connectivity index (χ1) is 5.68. The zero-order valence-electron chi connectivity index (χ0n) is 6.47. The third kappa shape index (κ3) is 1.77. The molecule has 0 spiro atoms. The molecule has 0 unspecified atom stereocenters. The van der Waals surface area contributed by atoms with Gasteiger partial charge in [-0.2, -0.15) is 0 Å². The minimum atomic E-state index is 0. The number of hydrogen-bond donors (Lipinski definition) is 2. The largest absolute Gasteiger partial charge is 0.397 e. The van der Waals surface area contributed by atoms with Gasteiger partial charge < -0.3 is 10.7 Å². The molecule has 0 amide bonds. The van der Waals surface area contributed by atoms with Crippen molar-refractivity contribution in [3.8, 4) is 0 Å². The Morgan fingerprint density at radius 3 is 2.77 bits per heavy atom. The number of benzene rings is 1. The van der Waals surface area contributed by atoms with Crippen molar-refractivity contribution in [1.29, 1.82) is 0 Å². The highest BCUT2D eigenvalue weighted by molar-refractivity contribution is 9.10. The molecule has 3 N–H and O–H groups in total. The monoisotopic (exact) mass is 280 g/mol. The van der Waals surface area contributed by atoms with Crippen molar-refractivity contribution in [1.82, 2.24) is 4.98 Å². The van der Waals surface area contributed by atoms with Crippen LogP contribution in [0.5, 0.6) is 0 Å². The van der Waals surface area contributed by atoms with E-state index in [1.165, 1.54) is 0 Å². The SMILES string of the molecule is Cl.Nc1cc(Br)cc2c(Cl)c[nH]c12. The Morgan fingerprint density at radius 2 is 2.08 bits per heavy atom. The summed E-state index contributed by atoms with van der Waals surface area (Å²) in [5, 5.41) is 1.64. The van der Waals surface area contributed by atoms with Gasteiger partial charge >= 0.3 is 0 Å². The molecule has 0 saturated carbocycles. The molecule has 0 radical (unpaired) electrons. The Morgan fingerprint density at radius 1 is 1.38 bits per heavy atom. The van der Waals surface area contributed by atoms with Crippen molar-refractivity contribution in [2.24, 2.45) is 0 Å². The Hall–Kier alpha value is -0.380. The Kier molecular flexibility index (Phi) is 3.11. The van der Waals surface area contributed by atoms with Crippen molar-refractivity contribution in [3.05, 3.63) is 27.8 Å². The van der Waals surface area contributed by atoms with Gasteiger partial charge in [0.25, 0.3) is 0 Å². The fraction of sp³-hybridized carbons (Fsp3) is 0. The molecule has 1 aromatic carbocycles. The maximum atomic E-state index is 5.91. The van der Waals surface area contributed by atoms with E-state index in [9.17, 15) is 0 Å². The van der Waals surface area contributed by atoms with Crippen LogP contribution in [0.3, 0.4) is 0 Å². The van der Waals surface area contributed by atoms with E-state index in [1.807, 2.05) is 12.1 Å². The lowest BCUT2D eigenvalue weighted by Gasteiger charge is -1.97. The van der Waals surface area contributed by atoms with Crippen LogP contribution in [0, 0.1) is 0 Å². The van der Waals surface area contributed by atoms with Crippen LogP contribution in [0.4, 0.5) is 5.69 Å². The minimum absolute atomic E-state index is 0. The highest BCUT2D eigenvalue weighted by Gasteiger charge is 2.04. The van der Waals surface area contributed by atoms with Gasteiger partial charge in [0.1, 0.15) is 0 Å². The highest BCUT2D eigenvalue weighted by Crippen LogP contribution is 2.30. The van der Waals surface area contributed by atoms with Gasteiger partial charge in [0, 0.05) is 16.1 Å². The lowest BCUT2D eigenvalue weighted by atomic mass is 10.2. The molecule has 2 nitrogen and oxygen atoms in total. The molecular weight excluding hydrogens is 275 g/mol. The van der Waals surface area contributed by atoms with Gasteiger partial charge in [-0.3, -0.25) is 0 Å². The number of aromatic amines is 1. The van der Waals surface area contributed by atoms with Crippen molar-refractivity contribution in [3.63, 3.8) is 0 Å². The van der Waals surface area contributed by atoms with E-state index in [1.54, 1.807) is 6.20 Å². The van der Waals surface area contributed by atoms with Gasteiger partial charge in [0.2, 0.25) is 0 Å². The summed E-state index contributed by atoms with van der Waals surface area (Å²) in [6.45, 7) is 0. The molecule has 70 valence electrons. The summed E-state index contributed by atoms with van der Waals surface area (Å²) in [7, 11) is 0. The van der Waals surface area contributed by atoms with Crippen LogP contribution in [-0.2, 0) is 0 Å². The average Bonchev–Trinajstić information content (AvgIpc) is 2.33. The number of fused-ring (bicyclic) bond motifs is 1. The number of hydrogen-bond acceptors (Lipinski definition) is 1. The van der Waals surface area contributed by atoms with Gasteiger partial charge in [-0.1, -0.05) is 27.5 Å². The summed E-state index contributed by atoms with van der Waals surface area (Å²) in [5.41, 5.74) is 7.34. The second-order valence-corrected chi connectivity index (χ2v) is 3.88. The van der Waals surface area contributed by atoms with E-state index in [4.69, 9.17) is 17.3 Å². The van der Waals surface area contributed by atoms with Crippen molar-refractivity contribution in [2.45, 2.75) is 0 Å². The molecule has 1 aromatic heterocycles. The zero-order valence-corrected chi connectivity index (χ0v) is 9.63. The van der Waals surface area contributed by atoms with E-state index in [-0.39, 0.29) is 12.4 Å². The second kappa shape index (κ2) is 3.78. The molecule has 0 atom stereocenters. The first-order valence-electron chi connectivity index (χ1n) is 3.40. The lowest BCUT2D eigenvalue weighted by molar-refractivity contribution is 1.47. The average molecular weight is 282 g/mol. The minimum Gasteiger partial charge on any atom is -0.397 e. The molecule has 0 saturated heterocycles. The van der Waals surface area contributed by atoms with Crippen LogP contribution >= 0.6 is 39.9 Å². The summed E-state index contributed by atoms with van der Waals surface area (Å²) in [4.78, 5) is 3.01. The number of aromatic nitrogens is 1. The molecule has 0 bridgehead atoms. The second-order valence-electron chi connectivity index (χ2n) is 2.55. The number of rotatable bonds is 0. The summed E-state index contributed by atoms with van der Waals surface area (Å²) < 4.78 is 0.939. The van der Waals surface area contributed by atoms with E-state index in [0.717, 1.165) is 15.4 Å². The molecule has 2 rings (SSSR count). The van der Waals surface area contributed by atoms with Gasteiger partial charge in [-0.15, -0.1) is 12.4 Å². The molecule has 0 fully saturated rings. The highest BCUT2D eigenvalue weighted by atomic mass is 79.9. The maximum Gasteiger partial charge on any atom is 0.0703 e. The fourth-order valence-electron chi connectivity index (χ4n) is 1.19. The predicted molar refractivity (Wildman–Crippen MR) is 62.7 cm³/mol. The molecule has 0 aliphatic carbocycles. The van der Waals surface area contributed by atoms with Crippen LogP contribution < -0.4 is 5.73 Å². The van der Waals surface area contributed by atoms with Crippen molar-refractivity contribution < 1.29 is 0 Å². The normalized spacial score (nSPS) is 10.0. The zero-order chi connectivity index (χ0) is 8.72. The van der Waals surface area contributed by atoms with Gasteiger partial charge in [0.15, 0.2) is 0 Å². The van der Waals surface area contributed by atoms with Crippen LogP contribution in [0.1, 0.15) is 0 Å². The van der Waals surface area contributed by atoms with E-state index >= 15 is 0 Å². The smallest absolute Gasteiger partial charge is 0.0703 e. The Balaban J connectivity index is 0.000000845. The number of halogens is 3. The summed E-state index contributed by atoms with van der Waals surface area (Å²) in [5.74, 6) is 0. The summed E-state index contributed by atoms with van der Waals surface area (Å²) in [6, 6.07) is 3.78. The topological polar surface area (TPSA) is 41.8 Å². The van der Waals surface area contributed by atoms with Gasteiger partial charge in [-0.05, 0) is 12.1 Å². The molecule has 2 aromatic rings. The van der Waals surface area contributed by atoms with E-state index in [2.05, 4.69) is 20.9 Å². The van der Waals surface area contributed by atoms with Gasteiger partial charge in [-0.25, -0.2) is 0 Å². The number of H-pyrrole nitrogens is 1.